The molecule has 0 heterocycles. The lowest BCUT2D eigenvalue weighted by Crippen LogP contribution is -2.04. The van der Waals surface area contributed by atoms with E-state index in [9.17, 15) is 0 Å². The molecule has 0 saturated heterocycles. The van der Waals surface area contributed by atoms with E-state index in [1.54, 1.807) is 0 Å². The second kappa shape index (κ2) is 32.5. The second-order valence-electron chi connectivity index (χ2n) is 12.5. The summed E-state index contributed by atoms with van der Waals surface area (Å²) in [4.78, 5) is 0. The maximum Gasteiger partial charge on any atom is -0.0386 e. The van der Waals surface area contributed by atoms with E-state index in [0.717, 1.165) is 24.2 Å². The van der Waals surface area contributed by atoms with E-state index >= 15 is 0 Å². The van der Waals surface area contributed by atoms with Crippen LogP contribution in [0, 0.1) is 71.1 Å². The zero-order valence-corrected chi connectivity index (χ0v) is 27.0. The molecule has 0 aromatic rings. The van der Waals surface area contributed by atoms with Crippen LogP contribution in [0.25, 0.3) is 0 Å². The highest BCUT2D eigenvalue weighted by Crippen LogP contribution is 2.26. The van der Waals surface area contributed by atoms with Crippen molar-refractivity contribution in [2.24, 2.45) is 17.8 Å². The first kappa shape index (κ1) is 39.0. The molecule has 39 heavy (non-hydrogen) atoms. The largest absolute Gasteiger partial charge is 0.0654 e. The molecule has 0 amide bonds. The fraction of sp³-hybridized carbons (Fsp3) is 0.795. The lowest BCUT2D eigenvalue weighted by Gasteiger charge is -2.18. The number of hydrogen-bond acceptors (Lipinski definition) is 0. The highest BCUT2D eigenvalue weighted by Gasteiger charge is 2.13. The highest BCUT2D eigenvalue weighted by atomic mass is 14.2. The molecule has 228 valence electrons. The minimum Gasteiger partial charge on any atom is -0.0654 e. The van der Waals surface area contributed by atoms with Crippen molar-refractivity contribution < 1.29 is 0 Å². The van der Waals surface area contributed by atoms with Crippen LogP contribution in [-0.4, -0.2) is 0 Å². The van der Waals surface area contributed by atoms with Crippen LogP contribution in [0.15, 0.2) is 0 Å². The Hall–Kier alpha value is 0. The van der Waals surface area contributed by atoms with Gasteiger partial charge in [-0.1, -0.05) is 182 Å². The van der Waals surface area contributed by atoms with Gasteiger partial charge in [0.1, 0.15) is 0 Å². The van der Waals surface area contributed by atoms with Gasteiger partial charge in [-0.2, -0.15) is 0 Å². The summed E-state index contributed by atoms with van der Waals surface area (Å²) < 4.78 is 0. The van der Waals surface area contributed by atoms with Gasteiger partial charge in [0.15, 0.2) is 0 Å². The molecule has 0 heteroatoms. The molecule has 0 aliphatic heterocycles. The van der Waals surface area contributed by atoms with Gasteiger partial charge < -0.3 is 0 Å². The highest BCUT2D eigenvalue weighted by molar-refractivity contribution is 4.80. The molecule has 8 radical (unpaired) electrons. The Bertz CT molecular complexity index is 361. The summed E-state index contributed by atoms with van der Waals surface area (Å²) in [5, 5.41) is 0. The summed E-state index contributed by atoms with van der Waals surface area (Å²) in [6.07, 6.45) is 47.0. The maximum atomic E-state index is 3.94. The van der Waals surface area contributed by atoms with Gasteiger partial charge in [-0.05, 0) is 69.1 Å². The van der Waals surface area contributed by atoms with E-state index < -0.39 is 0 Å². The molecule has 0 bridgehead atoms. The standard InChI is InChI=1S/2C6H11.C5H9.C5H10.2C4H7.2C3H5.C3H7/c1-6-4-2-3-5-6;1-2-4-6-5-3-1;1-5-3-2-4-5;1-2-4-5-3-1;1-4-2-3-4;1-2-4-3-1;2*1-2-3-1;1-3-2/h6H,1-5H2;1H,2-6H2;5H,1-4H2;1-5H2;4H,1-3H2;1H,2-4H2;2*1H,2-3H2;1,3H2,2H3. The van der Waals surface area contributed by atoms with Crippen LogP contribution in [0.4, 0.5) is 0 Å². The fourth-order valence-corrected chi connectivity index (χ4v) is 3.61. The lowest BCUT2D eigenvalue weighted by molar-refractivity contribution is 0.384. The number of rotatable bonds is 0. The Morgan fingerprint density at radius 2 is 0.615 bits per heavy atom. The summed E-state index contributed by atoms with van der Waals surface area (Å²) in [5.41, 5.74) is 0. The summed E-state index contributed by atoms with van der Waals surface area (Å²) in [6.45, 7) is 17.0. The van der Waals surface area contributed by atoms with Crippen molar-refractivity contribution >= 4 is 0 Å². The molecule has 0 spiro atoms. The zero-order valence-electron chi connectivity index (χ0n) is 27.0. The van der Waals surface area contributed by atoms with Crippen molar-refractivity contribution in [2.45, 2.75) is 180 Å². The van der Waals surface area contributed by atoms with Crippen LogP contribution >= 0.6 is 0 Å². The van der Waals surface area contributed by atoms with Crippen LogP contribution in [0.2, 0.25) is 0 Å². The van der Waals surface area contributed by atoms with Crippen LogP contribution in [-0.2, 0) is 0 Å². The molecule has 8 rings (SSSR count). The molecule has 8 aliphatic carbocycles. The average molecular weight is 541 g/mol. The van der Waals surface area contributed by atoms with Gasteiger partial charge in [-0.15, -0.1) is 0 Å². The van der Waals surface area contributed by atoms with E-state index in [1.165, 1.54) is 167 Å². The first-order chi connectivity index (χ1) is 19.1. The van der Waals surface area contributed by atoms with Gasteiger partial charge >= 0.3 is 0 Å². The quantitative estimate of drug-likeness (QED) is 0.286. The normalized spacial score (nSPS) is 23.3. The van der Waals surface area contributed by atoms with Crippen molar-refractivity contribution in [3.8, 4) is 0 Å². The van der Waals surface area contributed by atoms with E-state index in [4.69, 9.17) is 0 Å². The van der Waals surface area contributed by atoms with Crippen LogP contribution < -0.4 is 0 Å². The van der Waals surface area contributed by atoms with Gasteiger partial charge in [-0.25, -0.2) is 0 Å². The molecular formula is C39H72. The molecule has 8 aliphatic rings. The first-order valence-corrected chi connectivity index (χ1v) is 17.6. The third-order valence-corrected chi connectivity index (χ3v) is 7.36. The fourth-order valence-electron chi connectivity index (χ4n) is 3.61. The molecule has 0 aromatic heterocycles. The summed E-state index contributed by atoms with van der Waals surface area (Å²) in [5.74, 6) is 2.44. The first-order valence-electron chi connectivity index (χ1n) is 17.6. The summed E-state index contributed by atoms with van der Waals surface area (Å²) in [7, 11) is 0. The van der Waals surface area contributed by atoms with Gasteiger partial charge in [0.2, 0.25) is 0 Å². The van der Waals surface area contributed by atoms with E-state index in [-0.39, 0.29) is 0 Å². The van der Waals surface area contributed by atoms with Gasteiger partial charge in [0, 0.05) is 0 Å². The average Bonchev–Trinajstić information content (AvgIpc) is 3.82. The van der Waals surface area contributed by atoms with E-state index in [0.29, 0.717) is 0 Å². The predicted molar refractivity (Wildman–Crippen MR) is 179 cm³/mol. The van der Waals surface area contributed by atoms with E-state index in [1.807, 2.05) is 6.92 Å². The Balaban J connectivity index is 0.000000421. The SMILES string of the molecule is C1CCCC1.[CH2]C1CC1.[CH2]C1CCC1.[CH2]C1CCCC1.[CH2]CC.[CH]1CC1.[CH]1CC1.[CH]1CCC1.[CH]1CCCCC1. The Kier molecular flexibility index (Phi) is 32.5. The maximum absolute atomic E-state index is 3.94. The van der Waals surface area contributed by atoms with Gasteiger partial charge in [-0.3, -0.25) is 0 Å². The Morgan fingerprint density at radius 1 is 0.385 bits per heavy atom. The minimum atomic E-state index is 0.796. The summed E-state index contributed by atoms with van der Waals surface area (Å²) >= 11 is 0. The smallest absolute Gasteiger partial charge is 0.0386 e. The summed E-state index contributed by atoms with van der Waals surface area (Å²) in [6, 6.07) is 0. The third-order valence-electron chi connectivity index (χ3n) is 7.36. The molecular weight excluding hydrogens is 468 g/mol. The van der Waals surface area contributed by atoms with Crippen molar-refractivity contribution in [2.75, 3.05) is 0 Å². The second-order valence-corrected chi connectivity index (χ2v) is 12.5. The molecule has 0 nitrogen and oxygen atoms in total. The van der Waals surface area contributed by atoms with Crippen molar-refractivity contribution in [1.29, 1.82) is 0 Å². The van der Waals surface area contributed by atoms with Crippen molar-refractivity contribution in [3.63, 3.8) is 0 Å². The lowest BCUT2D eigenvalue weighted by atomic mass is 9.88. The van der Waals surface area contributed by atoms with E-state index in [2.05, 4.69) is 53.4 Å². The molecule has 0 N–H and O–H groups in total. The topological polar surface area (TPSA) is 0 Å². The minimum absolute atomic E-state index is 0.796. The Labute approximate surface area is 251 Å². The monoisotopic (exact) mass is 541 g/mol. The molecule has 0 atom stereocenters. The third kappa shape index (κ3) is 45.2. The van der Waals surface area contributed by atoms with Gasteiger partial charge in [0.05, 0.1) is 0 Å². The van der Waals surface area contributed by atoms with Crippen LogP contribution in [0.5, 0.6) is 0 Å². The van der Waals surface area contributed by atoms with Crippen LogP contribution in [0.3, 0.4) is 0 Å². The molecule has 0 unspecified atom stereocenters. The number of hydrogen-bond donors (Lipinski definition) is 0. The van der Waals surface area contributed by atoms with Crippen molar-refractivity contribution in [3.05, 3.63) is 53.4 Å². The van der Waals surface area contributed by atoms with Crippen LogP contribution in [0.1, 0.15) is 180 Å². The molecule has 8 saturated carbocycles. The Morgan fingerprint density at radius 3 is 0.692 bits per heavy atom. The molecule has 8 fully saturated rings. The van der Waals surface area contributed by atoms with Crippen molar-refractivity contribution in [1.82, 2.24) is 0 Å². The van der Waals surface area contributed by atoms with Gasteiger partial charge in [0.25, 0.3) is 0 Å². The predicted octanol–water partition coefficient (Wildman–Crippen LogP) is 13.5. The molecule has 0 aromatic carbocycles. The zero-order chi connectivity index (χ0) is 28.7.